The van der Waals surface area contributed by atoms with Crippen molar-refractivity contribution in [1.29, 1.82) is 5.26 Å². The summed E-state index contributed by atoms with van der Waals surface area (Å²) in [5.74, 6) is -0.0745. The van der Waals surface area contributed by atoms with Crippen LogP contribution in [0.5, 0.6) is 0 Å². The van der Waals surface area contributed by atoms with Gasteiger partial charge in [0.1, 0.15) is 0 Å². The number of hydrogen-bond donors (Lipinski definition) is 1. The van der Waals surface area contributed by atoms with Gasteiger partial charge in [-0.25, -0.2) is 8.42 Å². The zero-order valence-electron chi connectivity index (χ0n) is 17.8. The Kier molecular flexibility index (Phi) is 6.90. The van der Waals surface area contributed by atoms with Crippen molar-refractivity contribution in [2.75, 3.05) is 4.72 Å². The van der Waals surface area contributed by atoms with Crippen molar-refractivity contribution in [1.82, 2.24) is 0 Å². The second-order valence-electron chi connectivity index (χ2n) is 7.65. The molecule has 0 heterocycles. The van der Waals surface area contributed by atoms with Gasteiger partial charge >= 0.3 is 0 Å². The summed E-state index contributed by atoms with van der Waals surface area (Å²) in [6.45, 7) is 0. The molecule has 1 N–H and O–H groups in total. The van der Waals surface area contributed by atoms with Crippen molar-refractivity contribution in [2.45, 2.75) is 17.7 Å². The second-order valence-corrected chi connectivity index (χ2v) is 10.2. The molecule has 34 heavy (non-hydrogen) atoms. The molecule has 0 aliphatic carbocycles. The summed E-state index contributed by atoms with van der Waals surface area (Å²) >= 11 is 11.9. The average molecular weight is 509 g/mol. The van der Waals surface area contributed by atoms with E-state index in [2.05, 4.69) is 10.8 Å². The molecule has 5 nitrogen and oxygen atoms in total. The van der Waals surface area contributed by atoms with Crippen molar-refractivity contribution >= 4 is 55.5 Å². The van der Waals surface area contributed by atoms with Gasteiger partial charge in [-0.1, -0.05) is 65.7 Å². The van der Waals surface area contributed by atoms with Gasteiger partial charge in [-0.15, -0.1) is 0 Å². The minimum Gasteiger partial charge on any atom is -0.294 e. The zero-order chi connectivity index (χ0) is 24.3. The van der Waals surface area contributed by atoms with Crippen molar-refractivity contribution in [3.63, 3.8) is 0 Å². The summed E-state index contributed by atoms with van der Waals surface area (Å²) in [5.41, 5.74) is 2.29. The maximum Gasteiger partial charge on any atom is 0.262 e. The fourth-order valence-corrected chi connectivity index (χ4v) is 5.52. The van der Waals surface area contributed by atoms with E-state index in [9.17, 15) is 13.2 Å². The van der Waals surface area contributed by atoms with Crippen molar-refractivity contribution in [3.05, 3.63) is 106 Å². The van der Waals surface area contributed by atoms with E-state index in [0.29, 0.717) is 34.0 Å². The van der Waals surface area contributed by atoms with E-state index in [1.165, 1.54) is 18.2 Å². The van der Waals surface area contributed by atoms with Gasteiger partial charge < -0.3 is 0 Å². The van der Waals surface area contributed by atoms with Gasteiger partial charge in [0.25, 0.3) is 10.0 Å². The highest BCUT2D eigenvalue weighted by atomic mass is 35.5. The second kappa shape index (κ2) is 9.86. The number of carbonyl (C=O) groups excluding carboxylic acids is 1. The van der Waals surface area contributed by atoms with E-state index >= 15 is 0 Å². The molecular weight excluding hydrogens is 491 g/mol. The number of benzene rings is 4. The number of rotatable bonds is 7. The molecule has 0 aromatic heterocycles. The summed E-state index contributed by atoms with van der Waals surface area (Å²) in [4.78, 5) is 13.0. The summed E-state index contributed by atoms with van der Waals surface area (Å²) < 4.78 is 28.5. The maximum absolute atomic E-state index is 13.0. The summed E-state index contributed by atoms with van der Waals surface area (Å²) in [6.07, 6.45) is 0.748. The van der Waals surface area contributed by atoms with E-state index in [1.54, 1.807) is 54.6 Å². The molecule has 0 radical (unpaired) electrons. The van der Waals surface area contributed by atoms with Crippen LogP contribution in [0.3, 0.4) is 0 Å². The maximum atomic E-state index is 13.0. The SMILES string of the molecule is N#Cc1cccc(CCC(=O)c2cccc3c(NS(=O)(=O)c4cc(Cl)cc(Cl)c4)cccc23)c1. The first kappa shape index (κ1) is 23.8. The lowest BCUT2D eigenvalue weighted by atomic mass is 9.96. The molecule has 0 saturated carbocycles. The molecule has 0 bridgehead atoms. The Morgan fingerprint density at radius 2 is 1.56 bits per heavy atom. The molecule has 0 aliphatic heterocycles. The van der Waals surface area contributed by atoms with Crippen LogP contribution >= 0.6 is 23.2 Å². The molecule has 0 saturated heterocycles. The number of anilines is 1. The van der Waals surface area contributed by atoms with Crippen LogP contribution in [0.2, 0.25) is 10.0 Å². The lowest BCUT2D eigenvalue weighted by Crippen LogP contribution is -2.13. The standard InChI is InChI=1S/C26H18Cl2N2O3S/c27-19-13-20(28)15-21(14-19)34(32,33)30-25-9-3-6-22-23(25)7-2-8-24(22)26(31)11-10-17-4-1-5-18(12-17)16-29/h1-9,12-15,30H,10-11H2. The number of hydrogen-bond acceptors (Lipinski definition) is 4. The number of sulfonamides is 1. The highest BCUT2D eigenvalue weighted by Crippen LogP contribution is 2.30. The molecule has 4 aromatic rings. The van der Waals surface area contributed by atoms with Crippen LogP contribution in [-0.2, 0) is 16.4 Å². The summed E-state index contributed by atoms with van der Waals surface area (Å²) in [7, 11) is -3.97. The van der Waals surface area contributed by atoms with E-state index < -0.39 is 10.0 Å². The van der Waals surface area contributed by atoms with E-state index in [0.717, 1.165) is 5.56 Å². The fraction of sp³-hybridized carbons (Fsp3) is 0.0769. The van der Waals surface area contributed by atoms with Crippen LogP contribution < -0.4 is 4.72 Å². The lowest BCUT2D eigenvalue weighted by molar-refractivity contribution is 0.0984. The van der Waals surface area contributed by atoms with Crippen molar-refractivity contribution < 1.29 is 13.2 Å². The number of nitrogens with zero attached hydrogens (tertiary/aromatic N) is 1. The summed E-state index contributed by atoms with van der Waals surface area (Å²) in [6, 6.07) is 23.7. The van der Waals surface area contributed by atoms with Crippen LogP contribution in [-0.4, -0.2) is 14.2 Å². The number of ketones is 1. The number of fused-ring (bicyclic) bond motifs is 1. The number of nitrogens with one attached hydrogen (secondary N) is 1. The normalized spacial score (nSPS) is 11.2. The Balaban J connectivity index is 1.63. The number of Topliss-reactive ketones (excluding diaryl/α,β-unsaturated/α-hetero) is 1. The molecule has 0 unspecified atom stereocenters. The molecule has 0 atom stereocenters. The van der Waals surface area contributed by atoms with E-state index in [1.807, 2.05) is 6.07 Å². The molecule has 0 amide bonds. The first-order valence-corrected chi connectivity index (χ1v) is 12.5. The van der Waals surface area contributed by atoms with Gasteiger partial charge in [-0.3, -0.25) is 9.52 Å². The third-order valence-corrected chi connectivity index (χ3v) is 7.09. The lowest BCUT2D eigenvalue weighted by Gasteiger charge is -2.13. The van der Waals surface area contributed by atoms with Gasteiger partial charge in [0, 0.05) is 27.4 Å². The van der Waals surface area contributed by atoms with E-state index in [4.69, 9.17) is 28.5 Å². The van der Waals surface area contributed by atoms with Crippen LogP contribution in [0.25, 0.3) is 10.8 Å². The molecule has 0 spiro atoms. The minimum atomic E-state index is -3.97. The van der Waals surface area contributed by atoms with Crippen LogP contribution in [0, 0.1) is 11.3 Å². The molecule has 4 rings (SSSR count). The number of halogens is 2. The molecule has 4 aromatic carbocycles. The molecule has 170 valence electrons. The first-order valence-electron chi connectivity index (χ1n) is 10.3. The predicted octanol–water partition coefficient (Wildman–Crippen LogP) is 6.63. The highest BCUT2D eigenvalue weighted by Gasteiger charge is 2.18. The van der Waals surface area contributed by atoms with Gasteiger partial charge in [0.2, 0.25) is 0 Å². The third-order valence-electron chi connectivity index (χ3n) is 5.31. The van der Waals surface area contributed by atoms with Gasteiger partial charge in [-0.2, -0.15) is 5.26 Å². The number of nitriles is 1. The Morgan fingerprint density at radius 1 is 0.882 bits per heavy atom. The zero-order valence-corrected chi connectivity index (χ0v) is 20.1. The van der Waals surface area contributed by atoms with Gasteiger partial charge in [0.15, 0.2) is 5.78 Å². The smallest absolute Gasteiger partial charge is 0.262 e. The van der Waals surface area contributed by atoms with Gasteiger partial charge in [-0.05, 0) is 53.8 Å². The fourth-order valence-electron chi connectivity index (χ4n) is 3.72. The molecular formula is C26H18Cl2N2O3S. The minimum absolute atomic E-state index is 0.0613. The molecule has 0 aliphatic rings. The quantitative estimate of drug-likeness (QED) is 0.283. The van der Waals surface area contributed by atoms with Gasteiger partial charge in [0.05, 0.1) is 22.2 Å². The van der Waals surface area contributed by atoms with Crippen molar-refractivity contribution in [3.8, 4) is 6.07 Å². The van der Waals surface area contributed by atoms with Crippen LogP contribution in [0.4, 0.5) is 5.69 Å². The summed E-state index contributed by atoms with van der Waals surface area (Å²) in [5, 5.41) is 10.7. The predicted molar refractivity (Wildman–Crippen MR) is 135 cm³/mol. The first-order chi connectivity index (χ1) is 16.3. The Hall–Kier alpha value is -3.37. The molecule has 0 fully saturated rings. The Morgan fingerprint density at radius 3 is 2.29 bits per heavy atom. The highest BCUT2D eigenvalue weighted by molar-refractivity contribution is 7.92. The van der Waals surface area contributed by atoms with Crippen LogP contribution in [0.15, 0.2) is 83.8 Å². The monoisotopic (exact) mass is 508 g/mol. The van der Waals surface area contributed by atoms with E-state index in [-0.39, 0.29) is 27.1 Å². The van der Waals surface area contributed by atoms with Crippen molar-refractivity contribution in [2.24, 2.45) is 0 Å². The Labute approximate surface area is 207 Å². The Bertz CT molecular complexity index is 1540. The molecule has 8 heteroatoms. The topological polar surface area (TPSA) is 87.0 Å². The third kappa shape index (κ3) is 5.23. The largest absolute Gasteiger partial charge is 0.294 e. The van der Waals surface area contributed by atoms with Crippen LogP contribution in [0.1, 0.15) is 27.9 Å². The number of carbonyl (C=O) groups is 1. The average Bonchev–Trinajstić information content (AvgIpc) is 2.82. The number of aryl methyl sites for hydroxylation is 1.